The van der Waals surface area contributed by atoms with Gasteiger partial charge >= 0.3 is 0 Å². The molecule has 5 nitrogen and oxygen atoms in total. The smallest absolute Gasteiger partial charge is 0.233 e. The summed E-state index contributed by atoms with van der Waals surface area (Å²) in [5, 5.41) is 0.832. The minimum Gasteiger partial charge on any atom is -0.358 e. The lowest BCUT2D eigenvalue weighted by Crippen LogP contribution is -2.36. The van der Waals surface area contributed by atoms with E-state index >= 15 is 0 Å². The summed E-state index contributed by atoms with van der Waals surface area (Å²) < 4.78 is 0. The van der Waals surface area contributed by atoms with Crippen LogP contribution in [-0.4, -0.2) is 34.0 Å². The van der Waals surface area contributed by atoms with Gasteiger partial charge in [-0.2, -0.15) is 0 Å². The van der Waals surface area contributed by atoms with Crippen LogP contribution >= 0.6 is 0 Å². The molecule has 122 valence electrons. The molecule has 1 aromatic carbocycles. The first-order valence-electron chi connectivity index (χ1n) is 8.18. The second-order valence-corrected chi connectivity index (χ2v) is 6.51. The molecule has 5 heteroatoms. The number of aromatic nitrogens is 1. The van der Waals surface area contributed by atoms with Gasteiger partial charge in [0.2, 0.25) is 11.8 Å². The third kappa shape index (κ3) is 2.12. The van der Waals surface area contributed by atoms with Crippen LogP contribution in [0, 0.1) is 18.8 Å². The summed E-state index contributed by atoms with van der Waals surface area (Å²) >= 11 is 0. The number of carbonyl (C=O) groups excluding carboxylic acids is 3. The average Bonchev–Trinajstić information content (AvgIpc) is 3.04. The summed E-state index contributed by atoms with van der Waals surface area (Å²) in [5.41, 5.74) is 2.22. The fourth-order valence-corrected chi connectivity index (χ4v) is 3.88. The molecule has 1 aromatic heterocycles. The molecular formula is C19H18N2O3. The fourth-order valence-electron chi connectivity index (χ4n) is 3.88. The number of fused-ring (bicyclic) bond motifs is 2. The molecule has 2 amide bonds. The van der Waals surface area contributed by atoms with Crippen molar-refractivity contribution in [2.45, 2.75) is 19.8 Å². The topological polar surface area (TPSA) is 70.2 Å². The molecule has 0 spiro atoms. The Morgan fingerprint density at radius 3 is 2.42 bits per heavy atom. The van der Waals surface area contributed by atoms with Crippen LogP contribution in [0.2, 0.25) is 0 Å². The molecule has 1 aliphatic heterocycles. The highest BCUT2D eigenvalue weighted by atomic mass is 16.2. The maximum absolute atomic E-state index is 12.8. The van der Waals surface area contributed by atoms with Crippen LogP contribution < -0.4 is 0 Å². The average molecular weight is 322 g/mol. The second-order valence-electron chi connectivity index (χ2n) is 6.51. The van der Waals surface area contributed by atoms with Gasteiger partial charge in [0, 0.05) is 22.2 Å². The Morgan fingerprint density at radius 1 is 1.12 bits per heavy atom. The third-order valence-corrected chi connectivity index (χ3v) is 5.07. The van der Waals surface area contributed by atoms with Gasteiger partial charge in [-0.1, -0.05) is 30.4 Å². The van der Waals surface area contributed by atoms with E-state index in [1.54, 1.807) is 0 Å². The molecule has 2 heterocycles. The van der Waals surface area contributed by atoms with Crippen molar-refractivity contribution in [3.63, 3.8) is 0 Å². The Labute approximate surface area is 139 Å². The van der Waals surface area contributed by atoms with Crippen molar-refractivity contribution < 1.29 is 14.4 Å². The van der Waals surface area contributed by atoms with E-state index in [1.165, 1.54) is 0 Å². The van der Waals surface area contributed by atoms with Gasteiger partial charge in [0.15, 0.2) is 5.78 Å². The van der Waals surface area contributed by atoms with Crippen molar-refractivity contribution in [3.05, 3.63) is 47.7 Å². The van der Waals surface area contributed by atoms with Crippen LogP contribution in [-0.2, 0) is 9.59 Å². The second kappa shape index (κ2) is 5.44. The van der Waals surface area contributed by atoms with Crippen molar-refractivity contribution >= 4 is 28.5 Å². The number of hydrogen-bond donors (Lipinski definition) is 1. The van der Waals surface area contributed by atoms with Crippen molar-refractivity contribution in [1.82, 2.24) is 9.88 Å². The number of allylic oxidation sites excluding steroid dienone is 2. The highest BCUT2D eigenvalue weighted by Gasteiger charge is 2.47. The maximum atomic E-state index is 12.8. The van der Waals surface area contributed by atoms with Crippen molar-refractivity contribution in [2.24, 2.45) is 11.8 Å². The third-order valence-electron chi connectivity index (χ3n) is 5.07. The zero-order chi connectivity index (χ0) is 16.8. The minimum atomic E-state index is -0.292. The number of aromatic amines is 1. The Kier molecular flexibility index (Phi) is 3.37. The normalized spacial score (nSPS) is 23.1. The molecule has 2 aromatic rings. The number of ketones is 1. The van der Waals surface area contributed by atoms with Crippen molar-refractivity contribution in [1.29, 1.82) is 0 Å². The zero-order valence-corrected chi connectivity index (χ0v) is 13.4. The monoisotopic (exact) mass is 322 g/mol. The molecule has 0 bridgehead atoms. The molecule has 2 aliphatic rings. The van der Waals surface area contributed by atoms with Crippen LogP contribution in [0.25, 0.3) is 10.9 Å². The van der Waals surface area contributed by atoms with Gasteiger partial charge < -0.3 is 4.98 Å². The van der Waals surface area contributed by atoms with Crippen LogP contribution in [0.15, 0.2) is 36.4 Å². The molecule has 1 fully saturated rings. The number of imide groups is 1. The molecule has 24 heavy (non-hydrogen) atoms. The molecule has 0 radical (unpaired) electrons. The number of likely N-dealkylation sites (tertiary alicyclic amines) is 1. The largest absolute Gasteiger partial charge is 0.358 e. The number of benzene rings is 1. The Bertz CT molecular complexity index is 867. The number of H-pyrrole nitrogens is 1. The quantitative estimate of drug-likeness (QED) is 0.536. The standard InChI is InChI=1S/C19H18N2O3/c1-11-17(14-8-4-5-9-15(14)20-11)16(22)10-21-18(23)12-6-2-3-7-13(12)19(21)24/h2-5,8-9,12-13,20H,6-7,10H2,1H3/t12-,13-/m0/s1. The molecule has 1 N–H and O–H groups in total. The molecule has 4 rings (SSSR count). The van der Waals surface area contributed by atoms with E-state index in [-0.39, 0.29) is 36.0 Å². The fraction of sp³-hybridized carbons (Fsp3) is 0.316. The summed E-state index contributed by atoms with van der Waals surface area (Å²) in [4.78, 5) is 42.2. The number of amides is 2. The highest BCUT2D eigenvalue weighted by molar-refractivity contribution is 6.14. The number of nitrogens with zero attached hydrogens (tertiary/aromatic N) is 1. The number of Topliss-reactive ketones (excluding diaryl/α,β-unsaturated/α-hetero) is 1. The van der Waals surface area contributed by atoms with Crippen molar-refractivity contribution in [3.8, 4) is 0 Å². The van der Waals surface area contributed by atoms with E-state index in [4.69, 9.17) is 0 Å². The van der Waals surface area contributed by atoms with Gasteiger partial charge in [0.25, 0.3) is 0 Å². The number of carbonyl (C=O) groups is 3. The lowest BCUT2D eigenvalue weighted by Gasteiger charge is -2.14. The van der Waals surface area contributed by atoms with E-state index in [0.29, 0.717) is 18.4 Å². The summed E-state index contributed by atoms with van der Waals surface area (Å²) in [6.45, 7) is 1.66. The Balaban J connectivity index is 1.63. The van der Waals surface area contributed by atoms with E-state index in [9.17, 15) is 14.4 Å². The summed E-state index contributed by atoms with van der Waals surface area (Å²) in [6.07, 6.45) is 5.07. The highest BCUT2D eigenvalue weighted by Crippen LogP contribution is 2.35. The Morgan fingerprint density at radius 2 is 1.75 bits per heavy atom. The predicted molar refractivity (Wildman–Crippen MR) is 89.4 cm³/mol. The van der Waals surface area contributed by atoms with Crippen LogP contribution in [0.4, 0.5) is 0 Å². The summed E-state index contributed by atoms with van der Waals surface area (Å²) in [6, 6.07) is 7.56. The minimum absolute atomic E-state index is 0.173. The SMILES string of the molecule is Cc1[nH]c2ccccc2c1C(=O)CN1C(=O)[C@H]2CC=CC[C@@H]2C1=O. The zero-order valence-electron chi connectivity index (χ0n) is 13.4. The first-order chi connectivity index (χ1) is 11.6. The van der Waals surface area contributed by atoms with Gasteiger partial charge in [0.1, 0.15) is 0 Å². The van der Waals surface area contributed by atoms with Gasteiger partial charge in [-0.25, -0.2) is 0 Å². The summed E-state index contributed by atoms with van der Waals surface area (Å²) in [5.74, 6) is -1.20. The van der Waals surface area contributed by atoms with E-state index < -0.39 is 0 Å². The van der Waals surface area contributed by atoms with Gasteiger partial charge in [-0.3, -0.25) is 19.3 Å². The van der Waals surface area contributed by atoms with Gasteiger partial charge in [-0.05, 0) is 25.8 Å². The molecule has 2 atom stereocenters. The number of hydrogen-bond acceptors (Lipinski definition) is 3. The van der Waals surface area contributed by atoms with E-state index in [0.717, 1.165) is 21.5 Å². The van der Waals surface area contributed by atoms with E-state index in [2.05, 4.69) is 4.98 Å². The number of para-hydroxylation sites is 1. The molecule has 0 saturated carbocycles. The molecule has 0 unspecified atom stereocenters. The Hall–Kier alpha value is -2.69. The van der Waals surface area contributed by atoms with Crippen LogP contribution in [0.5, 0.6) is 0 Å². The molecule has 1 aliphatic carbocycles. The molecular weight excluding hydrogens is 304 g/mol. The summed E-state index contributed by atoms with van der Waals surface area (Å²) in [7, 11) is 0. The lowest BCUT2D eigenvalue weighted by molar-refractivity contribution is -0.139. The van der Waals surface area contributed by atoms with Crippen LogP contribution in [0.1, 0.15) is 28.9 Å². The lowest BCUT2D eigenvalue weighted by atomic mass is 9.85. The first-order valence-corrected chi connectivity index (χ1v) is 8.18. The predicted octanol–water partition coefficient (Wildman–Crippen LogP) is 2.61. The number of nitrogens with one attached hydrogen (secondary N) is 1. The number of aryl methyl sites for hydroxylation is 1. The maximum Gasteiger partial charge on any atom is 0.233 e. The molecule has 1 saturated heterocycles. The van der Waals surface area contributed by atoms with Crippen molar-refractivity contribution in [2.75, 3.05) is 6.54 Å². The van der Waals surface area contributed by atoms with Gasteiger partial charge in [0.05, 0.1) is 18.4 Å². The number of rotatable bonds is 3. The van der Waals surface area contributed by atoms with Crippen LogP contribution in [0.3, 0.4) is 0 Å². The van der Waals surface area contributed by atoms with E-state index in [1.807, 2.05) is 43.3 Å². The van der Waals surface area contributed by atoms with Gasteiger partial charge in [-0.15, -0.1) is 0 Å². The first kappa shape index (κ1) is 14.9.